The van der Waals surface area contributed by atoms with Crippen molar-refractivity contribution in [2.24, 2.45) is 0 Å². The summed E-state index contributed by atoms with van der Waals surface area (Å²) >= 11 is 12.0. The molecule has 1 saturated heterocycles. The number of fused-ring (bicyclic) bond motifs is 9. The van der Waals surface area contributed by atoms with Gasteiger partial charge in [0.1, 0.15) is 13.2 Å². The highest BCUT2D eigenvalue weighted by Crippen LogP contribution is 2.38. The lowest BCUT2D eigenvalue weighted by atomic mass is 10.0. The zero-order chi connectivity index (χ0) is 70.5. The Morgan fingerprint density at radius 2 is 0.784 bits per heavy atom. The number of benzene rings is 3. The van der Waals surface area contributed by atoms with Gasteiger partial charge in [-0.1, -0.05) is 48.6 Å². The molecule has 0 aromatic heterocycles. The van der Waals surface area contributed by atoms with Gasteiger partial charge in [0, 0.05) is 108 Å². The molecule has 536 valence electrons. The van der Waals surface area contributed by atoms with Crippen LogP contribution in [0, 0.1) is 0 Å². The summed E-state index contributed by atoms with van der Waals surface area (Å²) in [7, 11) is 0. The minimum absolute atomic E-state index is 0.00476. The maximum Gasteiger partial charge on any atom is 0.317 e. The van der Waals surface area contributed by atoms with Crippen LogP contribution < -0.4 is 36.1 Å². The number of carboxylic acids is 8. The fourth-order valence-corrected chi connectivity index (χ4v) is 10.8. The van der Waals surface area contributed by atoms with Crippen LogP contribution in [-0.2, 0) is 76.6 Å². The minimum Gasteiger partial charge on any atom is -0.488 e. The molecule has 3 aromatic carbocycles. The summed E-state index contributed by atoms with van der Waals surface area (Å²) in [6.07, 6.45) is 0.679. The van der Waals surface area contributed by atoms with Gasteiger partial charge in [-0.25, -0.2) is 0 Å². The van der Waals surface area contributed by atoms with Gasteiger partial charge in [0.25, 0.3) is 0 Å². The third-order valence-electron chi connectivity index (χ3n) is 14.8. The number of hydrogen-bond acceptors (Lipinski definition) is 24. The van der Waals surface area contributed by atoms with Crippen molar-refractivity contribution in [2.75, 3.05) is 206 Å². The average molecular weight is 1400 g/mol. The second-order valence-corrected chi connectivity index (χ2v) is 23.7. The van der Waals surface area contributed by atoms with E-state index in [2.05, 4.69) is 36.4 Å². The molecule has 5 rings (SSSR count). The van der Waals surface area contributed by atoms with Crippen LogP contribution in [0.4, 0.5) is 17.1 Å². The van der Waals surface area contributed by atoms with E-state index in [1.165, 1.54) is 9.80 Å². The van der Waals surface area contributed by atoms with Crippen LogP contribution in [0.3, 0.4) is 0 Å². The van der Waals surface area contributed by atoms with Crippen molar-refractivity contribution in [3.63, 3.8) is 0 Å². The average Bonchev–Trinajstić information content (AvgIpc) is 0.855. The Bertz CT molecular complexity index is 2800. The molecule has 4 unspecified atom stereocenters. The third kappa shape index (κ3) is 34.8. The van der Waals surface area contributed by atoms with E-state index in [1.54, 1.807) is 36.4 Å². The van der Waals surface area contributed by atoms with E-state index in [1.807, 2.05) is 24.3 Å². The van der Waals surface area contributed by atoms with E-state index in [0.29, 0.717) is 113 Å². The topological polar surface area (TPSA) is 433 Å². The standard InChI is InChI=1S/C62H89N11O22S2/c74-54(75)32-63-47(34-70(36-56(78)79)9-11-72(38-58(82)83)39-59(84)85)27-43-1-3-45(4-2-43)29-53(96)66-49-30-51-52(94-21-16-68-13-18-90-23-24-92-20-15-69(17-22-95-51)42-93-26-25-91-19-14-68)31-50(49)67-62(97)65-46-7-5-44(6-8-46)28-48(64-33-55(76)77)35-71(37-57(80)81)10-12-73(40-60(86)87)41-61(88)89/h1-8,30-31,47-48,63-64H,9-29,32-42H2,(H,66,96)(H,74,75)(H,76,77)(H,78,79)(H,80,81)(H,82,83)(H,84,85)(H,86,87)(H,88,89)(H2,65,67,97). The van der Waals surface area contributed by atoms with E-state index < -0.39 is 112 Å². The molecule has 13 N–H and O–H groups in total. The second-order valence-electron chi connectivity index (χ2n) is 22.8. The van der Waals surface area contributed by atoms with E-state index in [4.69, 9.17) is 52.9 Å². The van der Waals surface area contributed by atoms with E-state index in [-0.39, 0.29) is 83.6 Å². The summed E-state index contributed by atoms with van der Waals surface area (Å²) in [4.78, 5) is 103. The molecule has 4 atom stereocenters. The maximum absolute atomic E-state index is 11.9. The number of carbonyl (C=O) groups is 8. The summed E-state index contributed by atoms with van der Waals surface area (Å²) in [5, 5.41) is 91.9. The SMILES string of the molecule is O=C(O)CNC(Cc1ccc(CC(=S)Nc2cc3c(cc2NC(=S)Nc2ccc(CC(CN(CCN(CC(=O)O)CC(=O)O)CC(=O)O)NCC(=O)O)cc2)OCCN2CCOCCOCCN(CCO3)COCCOCC2)cc1)CN(CCN(CC(=O)O)CC(=O)O)CC(=O)O. The Balaban J connectivity index is 1.41. The van der Waals surface area contributed by atoms with Gasteiger partial charge in [0.15, 0.2) is 16.6 Å². The first-order valence-corrected chi connectivity index (χ1v) is 32.1. The van der Waals surface area contributed by atoms with Crippen LogP contribution in [-0.4, -0.2) is 331 Å². The Morgan fingerprint density at radius 3 is 1.22 bits per heavy atom. The number of ether oxygens (including phenoxy) is 6. The molecule has 33 nitrogen and oxygen atoms in total. The minimum atomic E-state index is -1.26. The highest BCUT2D eigenvalue weighted by molar-refractivity contribution is 7.81. The van der Waals surface area contributed by atoms with Crippen LogP contribution in [0.2, 0.25) is 0 Å². The summed E-state index contributed by atoms with van der Waals surface area (Å²) in [5.41, 5.74) is 3.67. The lowest BCUT2D eigenvalue weighted by Gasteiger charge is -2.29. The lowest BCUT2D eigenvalue weighted by Crippen LogP contribution is -2.48. The van der Waals surface area contributed by atoms with Gasteiger partial charge < -0.3 is 95.9 Å². The molecule has 35 heteroatoms. The van der Waals surface area contributed by atoms with Gasteiger partial charge in [0.2, 0.25) is 0 Å². The van der Waals surface area contributed by atoms with Crippen molar-refractivity contribution in [3.8, 4) is 11.5 Å². The smallest absolute Gasteiger partial charge is 0.317 e. The zero-order valence-electron chi connectivity index (χ0n) is 53.8. The molecule has 1 fully saturated rings. The van der Waals surface area contributed by atoms with Gasteiger partial charge in [-0.15, -0.1) is 0 Å². The monoisotopic (exact) mass is 1400 g/mol. The van der Waals surface area contributed by atoms with Crippen LogP contribution in [0.1, 0.15) is 16.7 Å². The fourth-order valence-electron chi connectivity index (χ4n) is 10.3. The largest absolute Gasteiger partial charge is 0.488 e. The molecule has 0 aliphatic carbocycles. The molecule has 97 heavy (non-hydrogen) atoms. The summed E-state index contributed by atoms with van der Waals surface area (Å²) < 4.78 is 36.8. The van der Waals surface area contributed by atoms with Gasteiger partial charge >= 0.3 is 47.8 Å². The van der Waals surface area contributed by atoms with Crippen molar-refractivity contribution in [1.29, 1.82) is 0 Å². The summed E-state index contributed by atoms with van der Waals surface area (Å²) in [6.45, 7) is 1.84. The number of thiocarbonyl (C=S) groups is 2. The Labute approximate surface area is 571 Å². The first-order chi connectivity index (χ1) is 46.4. The van der Waals surface area contributed by atoms with Crippen LogP contribution in [0.25, 0.3) is 0 Å². The number of aliphatic carboxylic acids is 8. The number of rotatable bonds is 37. The van der Waals surface area contributed by atoms with Gasteiger partial charge in [-0.05, 0) is 53.9 Å². The fraction of sp³-hybridized carbons (Fsp3) is 0.548. The molecule has 3 aromatic rings. The number of nitrogens with one attached hydrogen (secondary N) is 5. The lowest BCUT2D eigenvalue weighted by molar-refractivity contribution is -0.144. The van der Waals surface area contributed by atoms with Crippen LogP contribution >= 0.6 is 24.4 Å². The highest BCUT2D eigenvalue weighted by atomic mass is 32.1. The number of anilines is 3. The molecule has 0 radical (unpaired) electrons. The predicted octanol–water partition coefficient (Wildman–Crippen LogP) is -0.224. The Hall–Kier alpha value is -7.88. The van der Waals surface area contributed by atoms with E-state index >= 15 is 0 Å². The van der Waals surface area contributed by atoms with Crippen LogP contribution in [0.15, 0.2) is 60.7 Å². The third-order valence-corrected chi connectivity index (χ3v) is 15.3. The van der Waals surface area contributed by atoms with Crippen molar-refractivity contribution in [2.45, 2.75) is 31.3 Å². The molecule has 0 amide bonds. The summed E-state index contributed by atoms with van der Waals surface area (Å²) in [5.74, 6) is -9.01. The predicted molar refractivity (Wildman–Crippen MR) is 359 cm³/mol. The molecule has 0 saturated carbocycles. The maximum atomic E-state index is 11.9. The first-order valence-electron chi connectivity index (χ1n) is 31.3. The number of nitrogens with zero attached hydrogens (tertiary/aromatic N) is 6. The van der Waals surface area contributed by atoms with E-state index in [0.717, 1.165) is 26.5 Å². The number of hydrogen-bond donors (Lipinski definition) is 13. The molecule has 0 spiro atoms. The molecule has 2 aliphatic heterocycles. The van der Waals surface area contributed by atoms with Crippen LogP contribution in [0.5, 0.6) is 11.5 Å². The first kappa shape index (κ1) is 79.8. The zero-order valence-corrected chi connectivity index (χ0v) is 55.5. The molecular weight excluding hydrogens is 1310 g/mol. The van der Waals surface area contributed by atoms with Crippen molar-refractivity contribution >= 4 is 99.4 Å². The molecule has 2 aliphatic rings. The Kier molecular flexibility index (Phi) is 36.3. The van der Waals surface area contributed by atoms with Crippen molar-refractivity contribution < 1.29 is 108 Å². The normalized spacial score (nSPS) is 16.6. The van der Waals surface area contributed by atoms with E-state index in [9.17, 15) is 79.2 Å². The Morgan fingerprint density at radius 1 is 0.423 bits per heavy atom. The second kappa shape index (κ2) is 44.1. The van der Waals surface area contributed by atoms with Crippen molar-refractivity contribution in [1.82, 2.24) is 40.0 Å². The molecular formula is C62H89N11O22S2. The van der Waals surface area contributed by atoms with Gasteiger partial charge in [-0.2, -0.15) is 0 Å². The highest BCUT2D eigenvalue weighted by Gasteiger charge is 2.25. The van der Waals surface area contributed by atoms with Crippen molar-refractivity contribution in [3.05, 3.63) is 77.4 Å². The quantitative estimate of drug-likeness (QED) is 0.0262. The van der Waals surface area contributed by atoms with Gasteiger partial charge in [-0.3, -0.25) is 67.8 Å². The molecule has 2 bridgehead atoms. The summed E-state index contributed by atoms with van der Waals surface area (Å²) in [6, 6.07) is 16.6. The molecule has 2 heterocycles. The van der Waals surface area contributed by atoms with Gasteiger partial charge in [0.05, 0.1) is 122 Å². The number of carboxylic acid groups (broad SMARTS) is 8.